The number of hydrogen-bond acceptors (Lipinski definition) is 12. The molecule has 0 fully saturated rings. The van der Waals surface area contributed by atoms with Crippen LogP contribution in [0.25, 0.3) is 0 Å². The molecule has 18 nitrogen and oxygen atoms in total. The molecule has 2 rings (SSSR count). The lowest BCUT2D eigenvalue weighted by atomic mass is 10.1. The molecule has 0 aliphatic heterocycles. The summed E-state index contributed by atoms with van der Waals surface area (Å²) in [4.78, 5) is 60.9. The number of aromatic carboxylic acids is 3. The first kappa shape index (κ1) is 37.7. The Labute approximate surface area is 231 Å². The van der Waals surface area contributed by atoms with Crippen molar-refractivity contribution in [2.45, 2.75) is 24.9 Å². The SMILES string of the molecule is NC(CC(=O)O)C(=O)O.NCCC(N)C(=O)O.Nc1cc(C(=O)O)ccc1C(=O)O.Nc1cccc(N)c1C(=O)O. The molecule has 2 aromatic carbocycles. The summed E-state index contributed by atoms with van der Waals surface area (Å²) >= 11 is 0. The van der Waals surface area contributed by atoms with E-state index in [0.29, 0.717) is 13.0 Å². The zero-order chi connectivity index (χ0) is 32.4. The predicted octanol–water partition coefficient (Wildman–Crippen LogP) is -1.17. The first-order chi connectivity index (χ1) is 18.9. The Bertz CT molecular complexity index is 1220. The molecule has 0 saturated heterocycles. The van der Waals surface area contributed by atoms with Gasteiger partial charge in [0.1, 0.15) is 17.6 Å². The molecular weight excluding hydrogens is 552 g/mol. The van der Waals surface area contributed by atoms with Crippen molar-refractivity contribution < 1.29 is 59.4 Å². The van der Waals surface area contributed by atoms with E-state index in [1.165, 1.54) is 24.3 Å². The Hall–Kier alpha value is -5.46. The summed E-state index contributed by atoms with van der Waals surface area (Å²) in [6, 6.07) is 6.01. The summed E-state index contributed by atoms with van der Waals surface area (Å²) in [5.41, 5.74) is 31.1. The van der Waals surface area contributed by atoms with Gasteiger partial charge < -0.3 is 65.0 Å². The molecule has 0 radical (unpaired) electrons. The van der Waals surface area contributed by atoms with Crippen LogP contribution < -0.4 is 34.4 Å². The van der Waals surface area contributed by atoms with Crippen molar-refractivity contribution in [2.75, 3.05) is 23.7 Å². The van der Waals surface area contributed by atoms with Crippen LogP contribution in [0.2, 0.25) is 0 Å². The van der Waals surface area contributed by atoms with Crippen LogP contribution in [-0.4, -0.2) is 85.1 Å². The predicted molar refractivity (Wildman–Crippen MR) is 144 cm³/mol. The highest BCUT2D eigenvalue weighted by Crippen LogP contribution is 2.18. The lowest BCUT2D eigenvalue weighted by molar-refractivity contribution is -0.144. The first-order valence-electron chi connectivity index (χ1n) is 11.0. The standard InChI is InChI=1S/C8H7NO4.C7H8N2O2.C4H10N2O2.C4H7NO4/c9-6-3-4(7(10)11)1-2-5(6)8(12)13;8-4-2-1-3-5(9)6(4)7(10)11;5-2-1-3(6)4(7)8;5-2(4(8)9)1-3(6)7/h1-3H,9H2,(H,10,11)(H,12,13);1-3H,8-9H2,(H,10,11);3H,1-2,5-6H2,(H,7,8);2H,1,5H2,(H,6,7)(H,8,9). The van der Waals surface area contributed by atoms with Gasteiger partial charge in [0.25, 0.3) is 0 Å². The molecule has 226 valence electrons. The molecule has 0 spiro atoms. The molecule has 18 N–H and O–H groups in total. The number of benzene rings is 2. The average molecular weight is 585 g/mol. The molecule has 0 heterocycles. The average Bonchev–Trinajstić information content (AvgIpc) is 2.84. The molecule has 0 amide bonds. The van der Waals surface area contributed by atoms with Crippen molar-refractivity contribution in [3.05, 3.63) is 53.1 Å². The molecule has 0 aromatic heterocycles. The van der Waals surface area contributed by atoms with E-state index in [0.717, 1.165) is 6.07 Å². The number of nitrogens with two attached hydrogens (primary N) is 6. The van der Waals surface area contributed by atoms with E-state index < -0.39 is 54.3 Å². The van der Waals surface area contributed by atoms with Crippen LogP contribution in [0, 0.1) is 0 Å². The number of carbonyl (C=O) groups is 6. The first-order valence-corrected chi connectivity index (χ1v) is 11.0. The molecular formula is C23H32N6O12. The van der Waals surface area contributed by atoms with Crippen LogP contribution in [0.5, 0.6) is 0 Å². The summed E-state index contributed by atoms with van der Waals surface area (Å²) in [5, 5.41) is 49.9. The Morgan fingerprint density at radius 3 is 1.39 bits per heavy atom. The van der Waals surface area contributed by atoms with E-state index in [4.69, 9.17) is 65.0 Å². The second-order valence-corrected chi connectivity index (χ2v) is 7.59. The summed E-state index contributed by atoms with van der Waals surface area (Å²) in [6.07, 6.45) is -0.190. The fraction of sp³-hybridized carbons (Fsp3) is 0.217. The van der Waals surface area contributed by atoms with Crippen LogP contribution >= 0.6 is 0 Å². The van der Waals surface area contributed by atoms with Gasteiger partial charge in [0.15, 0.2) is 0 Å². The van der Waals surface area contributed by atoms with Crippen LogP contribution in [-0.2, 0) is 14.4 Å². The maximum atomic E-state index is 10.5. The number of nitrogen functional groups attached to an aromatic ring is 3. The number of hydrogen-bond donors (Lipinski definition) is 12. The van der Waals surface area contributed by atoms with E-state index in [-0.39, 0.29) is 33.8 Å². The quantitative estimate of drug-likeness (QED) is 0.154. The minimum absolute atomic E-state index is 0.0208. The zero-order valence-corrected chi connectivity index (χ0v) is 21.3. The lowest BCUT2D eigenvalue weighted by Crippen LogP contribution is -2.32. The van der Waals surface area contributed by atoms with Gasteiger partial charge in [0.05, 0.1) is 17.5 Å². The molecule has 18 heteroatoms. The summed E-state index contributed by atoms with van der Waals surface area (Å²) in [6.45, 7) is 0.327. The minimum Gasteiger partial charge on any atom is -0.481 e. The molecule has 2 aromatic rings. The van der Waals surface area contributed by atoms with Crippen molar-refractivity contribution in [3.8, 4) is 0 Å². The fourth-order valence-corrected chi connectivity index (χ4v) is 2.30. The molecule has 0 saturated carbocycles. The number of rotatable bonds is 9. The van der Waals surface area contributed by atoms with E-state index >= 15 is 0 Å². The van der Waals surface area contributed by atoms with E-state index in [1.807, 2.05) is 0 Å². The van der Waals surface area contributed by atoms with Gasteiger partial charge in [-0.3, -0.25) is 14.4 Å². The van der Waals surface area contributed by atoms with Gasteiger partial charge in [-0.2, -0.15) is 0 Å². The summed E-state index contributed by atoms with van der Waals surface area (Å²) < 4.78 is 0. The van der Waals surface area contributed by atoms with Gasteiger partial charge in [-0.25, -0.2) is 14.4 Å². The third-order valence-electron chi connectivity index (χ3n) is 4.38. The molecule has 41 heavy (non-hydrogen) atoms. The van der Waals surface area contributed by atoms with E-state index in [9.17, 15) is 28.8 Å². The second-order valence-electron chi connectivity index (χ2n) is 7.59. The van der Waals surface area contributed by atoms with Crippen molar-refractivity contribution in [1.82, 2.24) is 0 Å². The second kappa shape index (κ2) is 18.7. The maximum Gasteiger partial charge on any atom is 0.339 e. The van der Waals surface area contributed by atoms with Crippen LogP contribution in [0.3, 0.4) is 0 Å². The molecule has 2 unspecified atom stereocenters. The Morgan fingerprint density at radius 1 is 0.659 bits per heavy atom. The molecule has 2 atom stereocenters. The number of carboxylic acid groups (broad SMARTS) is 6. The van der Waals surface area contributed by atoms with E-state index in [2.05, 4.69) is 0 Å². The fourth-order valence-electron chi connectivity index (χ4n) is 2.30. The normalized spacial score (nSPS) is 10.9. The highest BCUT2D eigenvalue weighted by atomic mass is 16.4. The Kier molecular flexibility index (Phi) is 17.2. The molecule has 0 bridgehead atoms. The highest BCUT2D eigenvalue weighted by Gasteiger charge is 2.14. The van der Waals surface area contributed by atoms with Crippen LogP contribution in [0.1, 0.15) is 43.9 Å². The van der Waals surface area contributed by atoms with Crippen molar-refractivity contribution in [2.24, 2.45) is 17.2 Å². The molecule has 0 aliphatic carbocycles. The third kappa shape index (κ3) is 15.5. The van der Waals surface area contributed by atoms with Crippen molar-refractivity contribution in [1.29, 1.82) is 0 Å². The number of anilines is 3. The van der Waals surface area contributed by atoms with Crippen molar-refractivity contribution >= 4 is 52.9 Å². The van der Waals surface area contributed by atoms with Gasteiger partial charge in [-0.15, -0.1) is 0 Å². The topological polar surface area (TPSA) is 380 Å². The number of aliphatic carboxylic acids is 3. The Morgan fingerprint density at radius 2 is 1.15 bits per heavy atom. The van der Waals surface area contributed by atoms with Crippen molar-refractivity contribution in [3.63, 3.8) is 0 Å². The summed E-state index contributed by atoms with van der Waals surface area (Å²) in [7, 11) is 0. The highest BCUT2D eigenvalue weighted by molar-refractivity contribution is 5.99. The lowest BCUT2D eigenvalue weighted by Gasteiger charge is -2.02. The van der Waals surface area contributed by atoms with Crippen LogP contribution in [0.4, 0.5) is 17.1 Å². The van der Waals surface area contributed by atoms with Crippen LogP contribution in [0.15, 0.2) is 36.4 Å². The number of carboxylic acids is 6. The maximum absolute atomic E-state index is 10.5. The Balaban J connectivity index is 0. The largest absolute Gasteiger partial charge is 0.481 e. The third-order valence-corrected chi connectivity index (χ3v) is 4.38. The van der Waals surface area contributed by atoms with Gasteiger partial charge >= 0.3 is 35.8 Å². The molecule has 0 aliphatic rings. The van der Waals surface area contributed by atoms with Gasteiger partial charge in [0, 0.05) is 17.1 Å². The van der Waals surface area contributed by atoms with Gasteiger partial charge in [-0.05, 0) is 43.3 Å². The van der Waals surface area contributed by atoms with Gasteiger partial charge in [0.2, 0.25) is 0 Å². The smallest absolute Gasteiger partial charge is 0.339 e. The monoisotopic (exact) mass is 584 g/mol. The van der Waals surface area contributed by atoms with Gasteiger partial charge in [-0.1, -0.05) is 6.07 Å². The van der Waals surface area contributed by atoms with E-state index in [1.54, 1.807) is 6.07 Å². The zero-order valence-electron chi connectivity index (χ0n) is 21.3. The summed E-state index contributed by atoms with van der Waals surface area (Å²) in [5.74, 6) is -6.89. The minimum atomic E-state index is -1.29.